The van der Waals surface area contributed by atoms with E-state index in [0.717, 1.165) is 6.54 Å². The molecule has 0 aliphatic heterocycles. The second kappa shape index (κ2) is 3.49. The zero-order valence-electron chi connectivity index (χ0n) is 7.31. The van der Waals surface area contributed by atoms with Crippen LogP contribution in [-0.2, 0) is 6.54 Å². The molecule has 0 saturated heterocycles. The van der Waals surface area contributed by atoms with Crippen molar-refractivity contribution in [2.24, 2.45) is 0 Å². The van der Waals surface area contributed by atoms with Crippen LogP contribution in [0.5, 0.6) is 0 Å². The summed E-state index contributed by atoms with van der Waals surface area (Å²) in [5, 5.41) is 3.11. The first-order valence-electron chi connectivity index (χ1n) is 3.80. The van der Waals surface area contributed by atoms with Gasteiger partial charge in [0.05, 0.1) is 0 Å². The fourth-order valence-electron chi connectivity index (χ4n) is 1.05. The lowest BCUT2D eigenvalue weighted by Gasteiger charge is -2.05. The van der Waals surface area contributed by atoms with E-state index in [0.29, 0.717) is 0 Å². The summed E-state index contributed by atoms with van der Waals surface area (Å²) in [5.41, 5.74) is 3.89. The van der Waals surface area contributed by atoms with E-state index in [-0.39, 0.29) is 0 Å². The van der Waals surface area contributed by atoms with Crippen molar-refractivity contribution in [1.29, 1.82) is 0 Å². The molecule has 1 aromatic rings. The Hall–Kier alpha value is -0.890. The maximum Gasteiger partial charge on any atom is 0.0315 e. The lowest BCUT2D eigenvalue weighted by Crippen LogP contribution is -2.07. The summed E-state index contributed by atoms with van der Waals surface area (Å²) in [5.74, 6) is 0. The van der Waals surface area contributed by atoms with E-state index in [1.54, 1.807) is 0 Å². The van der Waals surface area contributed by atoms with Crippen molar-refractivity contribution in [2.75, 3.05) is 7.05 Å². The van der Waals surface area contributed by atoms with Crippen LogP contribution in [0.4, 0.5) is 0 Å². The molecule has 0 aromatic carbocycles. The number of nitrogens with one attached hydrogen (secondary N) is 1. The number of rotatable bonds is 2. The van der Waals surface area contributed by atoms with Gasteiger partial charge < -0.3 is 5.32 Å². The highest BCUT2D eigenvalue weighted by atomic mass is 14.8. The number of aryl methyl sites for hydroxylation is 1. The molecule has 0 spiro atoms. The highest BCUT2D eigenvalue weighted by molar-refractivity contribution is 5.28. The Kier molecular flexibility index (Phi) is 2.60. The van der Waals surface area contributed by atoms with Crippen LogP contribution < -0.4 is 5.32 Å². The van der Waals surface area contributed by atoms with Crippen LogP contribution in [-0.4, -0.2) is 12.0 Å². The van der Waals surface area contributed by atoms with E-state index >= 15 is 0 Å². The van der Waals surface area contributed by atoms with Crippen molar-refractivity contribution in [3.8, 4) is 0 Å². The molecule has 0 fully saturated rings. The largest absolute Gasteiger partial charge is 0.316 e. The molecular formula is C9H14N2. The average molecular weight is 150 g/mol. The standard InChI is InChI=1S/C9H14N2/c1-7-4-11-6-9(5-10-3)8(7)2/h4,6,10H,5H2,1-3H3. The molecule has 60 valence electrons. The van der Waals surface area contributed by atoms with Crippen LogP contribution >= 0.6 is 0 Å². The fraction of sp³-hybridized carbons (Fsp3) is 0.444. The Balaban J connectivity index is 2.96. The van der Waals surface area contributed by atoms with Crippen molar-refractivity contribution in [1.82, 2.24) is 10.3 Å². The van der Waals surface area contributed by atoms with E-state index in [1.807, 2.05) is 19.4 Å². The van der Waals surface area contributed by atoms with Crippen LogP contribution in [0.15, 0.2) is 12.4 Å². The predicted molar refractivity (Wildman–Crippen MR) is 46.5 cm³/mol. The summed E-state index contributed by atoms with van der Waals surface area (Å²) >= 11 is 0. The third-order valence-corrected chi connectivity index (χ3v) is 1.94. The predicted octanol–water partition coefficient (Wildman–Crippen LogP) is 1.42. The molecule has 0 bridgehead atoms. The second-order valence-electron chi connectivity index (χ2n) is 2.77. The number of nitrogens with zero attached hydrogens (tertiary/aromatic N) is 1. The number of hydrogen-bond acceptors (Lipinski definition) is 2. The molecule has 0 radical (unpaired) electrons. The van der Waals surface area contributed by atoms with E-state index in [4.69, 9.17) is 0 Å². The first-order valence-corrected chi connectivity index (χ1v) is 3.80. The van der Waals surface area contributed by atoms with E-state index in [2.05, 4.69) is 24.1 Å². The Morgan fingerprint density at radius 1 is 1.36 bits per heavy atom. The summed E-state index contributed by atoms with van der Waals surface area (Å²) in [6, 6.07) is 0. The van der Waals surface area contributed by atoms with Crippen LogP contribution in [0.3, 0.4) is 0 Å². The van der Waals surface area contributed by atoms with Gasteiger partial charge in [0, 0.05) is 18.9 Å². The molecule has 0 saturated carbocycles. The molecule has 0 atom stereocenters. The maximum absolute atomic E-state index is 4.12. The van der Waals surface area contributed by atoms with E-state index in [1.165, 1.54) is 16.7 Å². The minimum Gasteiger partial charge on any atom is -0.316 e. The van der Waals surface area contributed by atoms with Crippen molar-refractivity contribution in [3.63, 3.8) is 0 Å². The van der Waals surface area contributed by atoms with Crippen LogP contribution in [0.1, 0.15) is 16.7 Å². The normalized spacial score (nSPS) is 10.1. The van der Waals surface area contributed by atoms with Gasteiger partial charge in [-0.1, -0.05) is 0 Å². The number of hydrogen-bond donors (Lipinski definition) is 1. The molecule has 1 rings (SSSR count). The summed E-state index contributed by atoms with van der Waals surface area (Å²) in [4.78, 5) is 4.12. The van der Waals surface area contributed by atoms with Crippen LogP contribution in [0.2, 0.25) is 0 Å². The van der Waals surface area contributed by atoms with Crippen molar-refractivity contribution in [3.05, 3.63) is 29.1 Å². The molecule has 1 N–H and O–H groups in total. The molecule has 0 unspecified atom stereocenters. The van der Waals surface area contributed by atoms with Crippen LogP contribution in [0, 0.1) is 13.8 Å². The molecule has 0 aliphatic rings. The Labute approximate surface area is 67.7 Å². The minimum absolute atomic E-state index is 0.903. The van der Waals surface area contributed by atoms with Gasteiger partial charge in [-0.25, -0.2) is 0 Å². The molecular weight excluding hydrogens is 136 g/mol. The smallest absolute Gasteiger partial charge is 0.0315 e. The summed E-state index contributed by atoms with van der Waals surface area (Å²) in [6.45, 7) is 5.12. The molecule has 11 heavy (non-hydrogen) atoms. The van der Waals surface area contributed by atoms with Gasteiger partial charge in [-0.15, -0.1) is 0 Å². The molecule has 1 aromatic heterocycles. The topological polar surface area (TPSA) is 24.9 Å². The SMILES string of the molecule is CNCc1cncc(C)c1C. The summed E-state index contributed by atoms with van der Waals surface area (Å²) in [7, 11) is 1.95. The summed E-state index contributed by atoms with van der Waals surface area (Å²) in [6.07, 6.45) is 3.81. The Bertz CT molecular complexity index is 243. The number of pyridine rings is 1. The van der Waals surface area contributed by atoms with Gasteiger partial charge in [0.25, 0.3) is 0 Å². The Morgan fingerprint density at radius 3 is 2.73 bits per heavy atom. The van der Waals surface area contributed by atoms with Crippen molar-refractivity contribution < 1.29 is 0 Å². The van der Waals surface area contributed by atoms with Crippen molar-refractivity contribution >= 4 is 0 Å². The lowest BCUT2D eigenvalue weighted by atomic mass is 10.1. The molecule has 2 heteroatoms. The first-order chi connectivity index (χ1) is 5.25. The second-order valence-corrected chi connectivity index (χ2v) is 2.77. The van der Waals surface area contributed by atoms with Gasteiger partial charge in [-0.3, -0.25) is 4.98 Å². The maximum atomic E-state index is 4.12. The molecule has 0 aliphatic carbocycles. The monoisotopic (exact) mass is 150 g/mol. The van der Waals surface area contributed by atoms with Gasteiger partial charge in [0.2, 0.25) is 0 Å². The van der Waals surface area contributed by atoms with Gasteiger partial charge in [0.15, 0.2) is 0 Å². The number of aromatic nitrogens is 1. The highest BCUT2D eigenvalue weighted by Gasteiger charge is 1.98. The van der Waals surface area contributed by atoms with Crippen molar-refractivity contribution in [2.45, 2.75) is 20.4 Å². The quantitative estimate of drug-likeness (QED) is 0.689. The third kappa shape index (κ3) is 1.77. The average Bonchev–Trinajstić information content (AvgIpc) is 1.99. The van der Waals surface area contributed by atoms with Gasteiger partial charge in [-0.2, -0.15) is 0 Å². The van der Waals surface area contributed by atoms with E-state index in [9.17, 15) is 0 Å². The molecule has 1 heterocycles. The zero-order valence-corrected chi connectivity index (χ0v) is 7.31. The lowest BCUT2D eigenvalue weighted by molar-refractivity contribution is 0.805. The molecule has 0 amide bonds. The zero-order chi connectivity index (χ0) is 8.27. The fourth-order valence-corrected chi connectivity index (χ4v) is 1.05. The van der Waals surface area contributed by atoms with Gasteiger partial charge in [0.1, 0.15) is 0 Å². The van der Waals surface area contributed by atoms with E-state index < -0.39 is 0 Å². The Morgan fingerprint density at radius 2 is 2.09 bits per heavy atom. The van der Waals surface area contributed by atoms with Crippen LogP contribution in [0.25, 0.3) is 0 Å². The summed E-state index contributed by atoms with van der Waals surface area (Å²) < 4.78 is 0. The third-order valence-electron chi connectivity index (χ3n) is 1.94. The highest BCUT2D eigenvalue weighted by Crippen LogP contribution is 2.09. The van der Waals surface area contributed by atoms with Gasteiger partial charge in [-0.05, 0) is 37.6 Å². The first kappa shape index (κ1) is 8.21. The molecule has 2 nitrogen and oxygen atoms in total. The van der Waals surface area contributed by atoms with Gasteiger partial charge >= 0.3 is 0 Å². The minimum atomic E-state index is 0.903.